The Labute approximate surface area is 82.9 Å². The molecule has 1 rings (SSSR count). The molecule has 0 amide bonds. The highest BCUT2D eigenvalue weighted by Gasteiger charge is 2.24. The Balaban J connectivity index is 0.000000364. The molecule has 0 spiro atoms. The number of carbonyl (C=O) groups excluding carboxylic acids is 1. The van der Waals surface area contributed by atoms with Crippen LogP contribution in [0.5, 0.6) is 0 Å². The van der Waals surface area contributed by atoms with Gasteiger partial charge in [0.2, 0.25) is 0 Å². The average molecular weight is 204 g/mol. The van der Waals surface area contributed by atoms with Gasteiger partial charge in [0.1, 0.15) is 12.7 Å². The summed E-state index contributed by atoms with van der Waals surface area (Å²) in [4.78, 5) is 10.7. The third-order valence-electron chi connectivity index (χ3n) is 1.25. The summed E-state index contributed by atoms with van der Waals surface area (Å²) in [6.07, 6.45) is 0.142. The van der Waals surface area contributed by atoms with Gasteiger partial charge in [-0.1, -0.05) is 6.58 Å². The summed E-state index contributed by atoms with van der Waals surface area (Å²) in [5.41, 5.74) is 0.431. The average Bonchev–Trinajstić information content (AvgIpc) is 2.98. The Morgan fingerprint density at radius 3 is 2.36 bits per heavy atom. The fourth-order valence-electron chi connectivity index (χ4n) is 0.456. The summed E-state index contributed by atoms with van der Waals surface area (Å²) < 4.78 is 9.60. The van der Waals surface area contributed by atoms with E-state index in [0.717, 1.165) is 0 Å². The van der Waals surface area contributed by atoms with Crippen LogP contribution in [0.1, 0.15) is 6.92 Å². The lowest BCUT2D eigenvalue weighted by molar-refractivity contribution is -0.139. The van der Waals surface area contributed by atoms with Crippen molar-refractivity contribution < 1.29 is 24.5 Å². The number of esters is 1. The van der Waals surface area contributed by atoms with Crippen LogP contribution in [0.3, 0.4) is 0 Å². The van der Waals surface area contributed by atoms with Crippen LogP contribution in [0.25, 0.3) is 0 Å². The highest BCUT2D eigenvalue weighted by Crippen LogP contribution is 2.09. The van der Waals surface area contributed by atoms with Crippen LogP contribution < -0.4 is 0 Å². The number of epoxide rings is 1. The molecule has 5 heteroatoms. The first-order chi connectivity index (χ1) is 6.61. The first kappa shape index (κ1) is 13.1. The van der Waals surface area contributed by atoms with Gasteiger partial charge in [0.25, 0.3) is 0 Å². The Morgan fingerprint density at radius 1 is 1.57 bits per heavy atom. The molecule has 1 aliphatic heterocycles. The molecular weight excluding hydrogens is 188 g/mol. The molecular formula is C9H16O5. The largest absolute Gasteiger partial charge is 0.459 e. The maximum Gasteiger partial charge on any atom is 0.333 e. The van der Waals surface area contributed by atoms with Gasteiger partial charge in [0.05, 0.1) is 19.8 Å². The smallest absolute Gasteiger partial charge is 0.333 e. The summed E-state index contributed by atoms with van der Waals surface area (Å²) >= 11 is 0. The lowest BCUT2D eigenvalue weighted by Crippen LogP contribution is -2.09. The van der Waals surface area contributed by atoms with Gasteiger partial charge in [0.15, 0.2) is 0 Å². The van der Waals surface area contributed by atoms with Crippen molar-refractivity contribution in [3.05, 3.63) is 12.2 Å². The van der Waals surface area contributed by atoms with Crippen LogP contribution in [0.15, 0.2) is 12.2 Å². The SMILES string of the molecule is C=C(C)C(=O)OCC1CO1.OCCO. The molecule has 2 N–H and O–H groups in total. The predicted octanol–water partition coefficient (Wildman–Crippen LogP) is -0.525. The van der Waals surface area contributed by atoms with Crippen LogP contribution in [0, 0.1) is 0 Å². The molecule has 0 aliphatic carbocycles. The van der Waals surface area contributed by atoms with E-state index in [9.17, 15) is 4.79 Å². The molecule has 0 aromatic rings. The van der Waals surface area contributed by atoms with Gasteiger partial charge in [-0.25, -0.2) is 4.79 Å². The summed E-state index contributed by atoms with van der Waals surface area (Å²) in [5, 5.41) is 15.2. The molecule has 0 aromatic carbocycles. The Morgan fingerprint density at radius 2 is 2.07 bits per heavy atom. The van der Waals surface area contributed by atoms with Crippen LogP contribution >= 0.6 is 0 Å². The molecule has 1 unspecified atom stereocenters. The van der Waals surface area contributed by atoms with Crippen LogP contribution in [0.2, 0.25) is 0 Å². The minimum Gasteiger partial charge on any atom is -0.459 e. The number of hydrogen-bond acceptors (Lipinski definition) is 5. The Hall–Kier alpha value is -0.910. The molecule has 1 fully saturated rings. The van der Waals surface area contributed by atoms with Gasteiger partial charge in [-0.05, 0) is 6.92 Å². The highest BCUT2D eigenvalue weighted by molar-refractivity contribution is 5.86. The van der Waals surface area contributed by atoms with E-state index in [1.54, 1.807) is 6.92 Å². The molecule has 14 heavy (non-hydrogen) atoms. The van der Waals surface area contributed by atoms with Gasteiger partial charge in [-0.3, -0.25) is 0 Å². The van der Waals surface area contributed by atoms with Crippen molar-refractivity contribution in [3.8, 4) is 0 Å². The van der Waals surface area contributed by atoms with Crippen LogP contribution in [-0.2, 0) is 14.3 Å². The van der Waals surface area contributed by atoms with Crippen LogP contribution in [-0.4, -0.2) is 48.7 Å². The van der Waals surface area contributed by atoms with E-state index < -0.39 is 0 Å². The van der Waals surface area contributed by atoms with E-state index in [-0.39, 0.29) is 25.3 Å². The summed E-state index contributed by atoms with van der Waals surface area (Å²) in [6, 6.07) is 0. The molecule has 5 nitrogen and oxygen atoms in total. The first-order valence-electron chi connectivity index (χ1n) is 4.27. The van der Waals surface area contributed by atoms with Gasteiger partial charge < -0.3 is 19.7 Å². The predicted molar refractivity (Wildman–Crippen MR) is 49.7 cm³/mol. The van der Waals surface area contributed by atoms with Crippen molar-refractivity contribution in [2.24, 2.45) is 0 Å². The zero-order valence-corrected chi connectivity index (χ0v) is 8.23. The quantitative estimate of drug-likeness (QED) is 0.366. The van der Waals surface area contributed by atoms with Crippen LogP contribution in [0.4, 0.5) is 0 Å². The van der Waals surface area contributed by atoms with Gasteiger partial charge in [-0.2, -0.15) is 0 Å². The molecule has 1 saturated heterocycles. The number of aliphatic hydroxyl groups is 2. The maximum atomic E-state index is 10.7. The second kappa shape index (κ2) is 7.49. The summed E-state index contributed by atoms with van der Waals surface area (Å²) in [6.45, 7) is 5.89. The molecule has 0 saturated carbocycles. The van der Waals surface area contributed by atoms with Crippen molar-refractivity contribution in [1.29, 1.82) is 0 Å². The summed E-state index contributed by atoms with van der Waals surface area (Å²) in [5.74, 6) is -0.337. The standard InChI is InChI=1S/C7H10O3.C2H6O2/c1-5(2)7(8)10-4-6-3-9-6;3-1-2-4/h6H,1,3-4H2,2H3;3-4H,1-2H2. The fraction of sp³-hybridized carbons (Fsp3) is 0.667. The summed E-state index contributed by atoms with van der Waals surface area (Å²) in [7, 11) is 0. The molecule has 0 radical (unpaired) electrons. The number of ether oxygens (including phenoxy) is 2. The topological polar surface area (TPSA) is 79.3 Å². The van der Waals surface area contributed by atoms with E-state index in [1.807, 2.05) is 0 Å². The fourth-order valence-corrected chi connectivity index (χ4v) is 0.456. The molecule has 0 bridgehead atoms. The lowest BCUT2D eigenvalue weighted by atomic mass is 10.4. The number of aliphatic hydroxyl groups excluding tert-OH is 2. The Bertz CT molecular complexity index is 184. The van der Waals surface area contributed by atoms with Crippen molar-refractivity contribution in [3.63, 3.8) is 0 Å². The normalized spacial score (nSPS) is 17.8. The van der Waals surface area contributed by atoms with Gasteiger partial charge in [0, 0.05) is 5.57 Å². The number of hydrogen-bond donors (Lipinski definition) is 2. The molecule has 0 aromatic heterocycles. The second-order valence-electron chi connectivity index (χ2n) is 2.78. The molecule has 1 atom stereocenters. The monoisotopic (exact) mass is 204 g/mol. The lowest BCUT2D eigenvalue weighted by Gasteiger charge is -1.99. The minimum absolute atomic E-state index is 0.125. The van der Waals surface area contributed by atoms with E-state index in [4.69, 9.17) is 19.7 Å². The second-order valence-corrected chi connectivity index (χ2v) is 2.78. The van der Waals surface area contributed by atoms with Crippen molar-refractivity contribution in [1.82, 2.24) is 0 Å². The third-order valence-corrected chi connectivity index (χ3v) is 1.25. The number of carbonyl (C=O) groups is 1. The number of rotatable bonds is 4. The van der Waals surface area contributed by atoms with Gasteiger partial charge >= 0.3 is 5.97 Å². The highest BCUT2D eigenvalue weighted by atomic mass is 16.6. The van der Waals surface area contributed by atoms with Crippen molar-refractivity contribution >= 4 is 5.97 Å². The maximum absolute atomic E-state index is 10.7. The molecule has 1 aliphatic rings. The van der Waals surface area contributed by atoms with E-state index >= 15 is 0 Å². The minimum atomic E-state index is -0.337. The van der Waals surface area contributed by atoms with E-state index in [2.05, 4.69) is 6.58 Å². The van der Waals surface area contributed by atoms with Crippen molar-refractivity contribution in [2.75, 3.05) is 26.4 Å². The molecule has 1 heterocycles. The van der Waals surface area contributed by atoms with Gasteiger partial charge in [-0.15, -0.1) is 0 Å². The van der Waals surface area contributed by atoms with E-state index in [0.29, 0.717) is 18.8 Å². The zero-order chi connectivity index (χ0) is 11.0. The Kier molecular flexibility index (Phi) is 7.00. The molecule has 82 valence electrons. The third kappa shape index (κ3) is 7.72. The zero-order valence-electron chi connectivity index (χ0n) is 8.23. The van der Waals surface area contributed by atoms with E-state index in [1.165, 1.54) is 0 Å². The van der Waals surface area contributed by atoms with Crippen molar-refractivity contribution in [2.45, 2.75) is 13.0 Å². The first-order valence-corrected chi connectivity index (χ1v) is 4.27.